The van der Waals surface area contributed by atoms with Crippen molar-refractivity contribution in [3.8, 4) is 0 Å². The third kappa shape index (κ3) is 5.20. The number of methoxy groups -OCH3 is 1. The number of rotatable bonds is 6. The van der Waals surface area contributed by atoms with E-state index in [1.54, 1.807) is 31.2 Å². The number of benzene rings is 2. The molecule has 0 radical (unpaired) electrons. The highest BCUT2D eigenvalue weighted by molar-refractivity contribution is 6.01. The average Bonchev–Trinajstić information content (AvgIpc) is 2.74. The van der Waals surface area contributed by atoms with E-state index in [1.165, 1.54) is 7.11 Å². The van der Waals surface area contributed by atoms with Crippen LogP contribution in [-0.2, 0) is 9.53 Å². The van der Waals surface area contributed by atoms with Crippen LogP contribution in [0.15, 0.2) is 48.5 Å². The minimum Gasteiger partial charge on any atom is -0.465 e. The molecule has 1 saturated heterocycles. The summed E-state index contributed by atoms with van der Waals surface area (Å²) in [6, 6.07) is 14.4. The number of nitrogens with zero attached hydrogens (tertiary/aromatic N) is 2. The second kappa shape index (κ2) is 9.34. The zero-order valence-electron chi connectivity index (χ0n) is 16.7. The summed E-state index contributed by atoms with van der Waals surface area (Å²) in [6.45, 7) is 4.91. The highest BCUT2D eigenvalue weighted by atomic mass is 16.5. The highest BCUT2D eigenvalue weighted by Gasteiger charge is 2.20. The van der Waals surface area contributed by atoms with Gasteiger partial charge in [-0.2, -0.15) is 0 Å². The van der Waals surface area contributed by atoms with Gasteiger partial charge in [0.05, 0.1) is 24.9 Å². The van der Waals surface area contributed by atoms with Crippen LogP contribution in [0, 0.1) is 0 Å². The van der Waals surface area contributed by atoms with Gasteiger partial charge < -0.3 is 15.0 Å². The molecule has 0 unspecified atom stereocenters. The van der Waals surface area contributed by atoms with Crippen LogP contribution in [0.3, 0.4) is 0 Å². The normalized spacial score (nSPS) is 14.3. The fourth-order valence-electron chi connectivity index (χ4n) is 3.34. The number of hydrogen-bond donors (Lipinski definition) is 1. The molecule has 1 amide bonds. The van der Waals surface area contributed by atoms with E-state index in [-0.39, 0.29) is 18.2 Å². The first-order chi connectivity index (χ1) is 14.0. The molecule has 29 heavy (non-hydrogen) atoms. The summed E-state index contributed by atoms with van der Waals surface area (Å²) in [5.41, 5.74) is 2.57. The Morgan fingerprint density at radius 1 is 0.966 bits per heavy atom. The number of ketones is 1. The van der Waals surface area contributed by atoms with Crippen molar-refractivity contribution in [2.24, 2.45) is 0 Å². The van der Waals surface area contributed by atoms with Crippen molar-refractivity contribution in [2.45, 2.75) is 6.92 Å². The van der Waals surface area contributed by atoms with Crippen LogP contribution in [0.1, 0.15) is 27.6 Å². The van der Waals surface area contributed by atoms with Crippen molar-refractivity contribution in [1.82, 2.24) is 4.90 Å². The topological polar surface area (TPSA) is 79.0 Å². The number of carbonyl (C=O) groups is 3. The molecule has 0 bridgehead atoms. The van der Waals surface area contributed by atoms with E-state index in [4.69, 9.17) is 4.74 Å². The van der Waals surface area contributed by atoms with Gasteiger partial charge in [-0.25, -0.2) is 4.79 Å². The lowest BCUT2D eigenvalue weighted by molar-refractivity contribution is -0.117. The van der Waals surface area contributed by atoms with Gasteiger partial charge in [-0.1, -0.05) is 12.1 Å². The smallest absolute Gasteiger partial charge is 0.339 e. The van der Waals surface area contributed by atoms with Crippen LogP contribution < -0.4 is 10.2 Å². The molecule has 7 heteroatoms. The van der Waals surface area contributed by atoms with Gasteiger partial charge in [0, 0.05) is 37.4 Å². The lowest BCUT2D eigenvalue weighted by Crippen LogP contribution is -2.48. The van der Waals surface area contributed by atoms with E-state index < -0.39 is 5.97 Å². The van der Waals surface area contributed by atoms with Crippen LogP contribution >= 0.6 is 0 Å². The zero-order chi connectivity index (χ0) is 20.8. The van der Waals surface area contributed by atoms with Crippen molar-refractivity contribution >= 4 is 29.0 Å². The van der Waals surface area contributed by atoms with E-state index in [0.29, 0.717) is 16.8 Å². The van der Waals surface area contributed by atoms with Crippen molar-refractivity contribution in [2.75, 3.05) is 50.1 Å². The summed E-state index contributed by atoms with van der Waals surface area (Å²) in [5, 5.41) is 2.81. The standard InChI is InChI=1S/C22H25N3O4/c1-16(26)17-7-9-18(10-8-17)25-13-11-24(12-14-25)15-21(27)23-20-6-4-3-5-19(20)22(28)29-2/h3-10H,11-15H2,1-2H3,(H,23,27). The number of anilines is 2. The molecule has 0 atom stereocenters. The third-order valence-electron chi connectivity index (χ3n) is 4.98. The van der Waals surface area contributed by atoms with Crippen LogP contribution in [0.25, 0.3) is 0 Å². The first kappa shape index (κ1) is 20.5. The van der Waals surface area contributed by atoms with Gasteiger partial charge >= 0.3 is 5.97 Å². The molecule has 2 aromatic rings. The molecule has 1 N–H and O–H groups in total. The van der Waals surface area contributed by atoms with E-state index in [2.05, 4.69) is 15.1 Å². The minimum absolute atomic E-state index is 0.0566. The average molecular weight is 395 g/mol. The monoisotopic (exact) mass is 395 g/mol. The molecule has 3 rings (SSSR count). The van der Waals surface area contributed by atoms with Crippen LogP contribution in [0.2, 0.25) is 0 Å². The molecule has 1 aliphatic rings. The second-order valence-electron chi connectivity index (χ2n) is 6.95. The van der Waals surface area contributed by atoms with Gasteiger partial charge in [0.15, 0.2) is 5.78 Å². The molecule has 1 heterocycles. The highest BCUT2D eigenvalue weighted by Crippen LogP contribution is 2.19. The van der Waals surface area contributed by atoms with E-state index in [0.717, 1.165) is 31.9 Å². The number of carbonyl (C=O) groups excluding carboxylic acids is 3. The SMILES string of the molecule is COC(=O)c1ccccc1NC(=O)CN1CCN(c2ccc(C(C)=O)cc2)CC1. The number of esters is 1. The summed E-state index contributed by atoms with van der Waals surface area (Å²) in [6.07, 6.45) is 0. The van der Waals surface area contributed by atoms with Crippen LogP contribution in [0.4, 0.5) is 11.4 Å². The second-order valence-corrected chi connectivity index (χ2v) is 6.95. The maximum Gasteiger partial charge on any atom is 0.339 e. The Morgan fingerprint density at radius 3 is 2.24 bits per heavy atom. The number of amides is 1. The van der Waals surface area contributed by atoms with Crippen molar-refractivity contribution in [3.63, 3.8) is 0 Å². The first-order valence-electron chi connectivity index (χ1n) is 9.53. The number of ether oxygens (including phenoxy) is 1. The maximum atomic E-state index is 12.4. The molecule has 2 aromatic carbocycles. The molecule has 1 fully saturated rings. The molecule has 152 valence electrons. The summed E-state index contributed by atoms with van der Waals surface area (Å²) >= 11 is 0. The predicted octanol–water partition coefficient (Wildman–Crippen LogP) is 2.44. The Hall–Kier alpha value is -3.19. The Labute approximate surface area is 170 Å². The molecule has 1 aliphatic heterocycles. The van der Waals surface area contributed by atoms with E-state index >= 15 is 0 Å². The van der Waals surface area contributed by atoms with Crippen molar-refractivity contribution in [1.29, 1.82) is 0 Å². The molecule has 7 nitrogen and oxygen atoms in total. The van der Waals surface area contributed by atoms with Gasteiger partial charge in [-0.15, -0.1) is 0 Å². The third-order valence-corrected chi connectivity index (χ3v) is 4.98. The number of nitrogens with one attached hydrogen (secondary N) is 1. The minimum atomic E-state index is -0.481. The summed E-state index contributed by atoms with van der Waals surface area (Å²) in [5.74, 6) is -0.591. The Kier molecular flexibility index (Phi) is 6.61. The lowest BCUT2D eigenvalue weighted by atomic mass is 10.1. The molecule has 0 saturated carbocycles. The molecule has 0 aliphatic carbocycles. The molecule has 0 spiro atoms. The lowest BCUT2D eigenvalue weighted by Gasteiger charge is -2.35. The summed E-state index contributed by atoms with van der Waals surface area (Å²) < 4.78 is 4.76. The van der Waals surface area contributed by atoms with E-state index in [1.807, 2.05) is 24.3 Å². The largest absolute Gasteiger partial charge is 0.465 e. The fourth-order valence-corrected chi connectivity index (χ4v) is 3.34. The number of para-hydroxylation sites is 1. The van der Waals surface area contributed by atoms with Crippen molar-refractivity contribution in [3.05, 3.63) is 59.7 Å². The Bertz CT molecular complexity index is 887. The summed E-state index contributed by atoms with van der Waals surface area (Å²) in [7, 11) is 1.31. The quantitative estimate of drug-likeness (QED) is 0.598. The van der Waals surface area contributed by atoms with Gasteiger partial charge in [-0.05, 0) is 43.3 Å². The van der Waals surface area contributed by atoms with Crippen LogP contribution in [-0.4, -0.2) is 62.4 Å². The number of hydrogen-bond acceptors (Lipinski definition) is 6. The van der Waals surface area contributed by atoms with Crippen LogP contribution in [0.5, 0.6) is 0 Å². The fraction of sp³-hybridized carbons (Fsp3) is 0.318. The van der Waals surface area contributed by atoms with Crippen molar-refractivity contribution < 1.29 is 19.1 Å². The Morgan fingerprint density at radius 2 is 1.62 bits per heavy atom. The van der Waals surface area contributed by atoms with Gasteiger partial charge in [0.25, 0.3) is 0 Å². The first-order valence-corrected chi connectivity index (χ1v) is 9.53. The number of piperazine rings is 1. The Balaban J connectivity index is 1.52. The van der Waals surface area contributed by atoms with E-state index in [9.17, 15) is 14.4 Å². The predicted molar refractivity (Wildman–Crippen MR) is 112 cm³/mol. The number of Topliss-reactive ketones (excluding diaryl/α,β-unsaturated/α-hetero) is 1. The summed E-state index contributed by atoms with van der Waals surface area (Å²) in [4.78, 5) is 40.0. The molecular weight excluding hydrogens is 370 g/mol. The zero-order valence-corrected chi connectivity index (χ0v) is 16.7. The molecular formula is C22H25N3O4. The molecule has 0 aromatic heterocycles. The van der Waals surface area contributed by atoms with Gasteiger partial charge in [-0.3, -0.25) is 14.5 Å². The van der Waals surface area contributed by atoms with Gasteiger partial charge in [0.2, 0.25) is 5.91 Å². The maximum absolute atomic E-state index is 12.4. The van der Waals surface area contributed by atoms with Gasteiger partial charge in [0.1, 0.15) is 0 Å².